The number of aliphatic hydroxyl groups excluding tert-OH is 1. The van der Waals surface area contributed by atoms with Gasteiger partial charge in [-0.2, -0.15) is 0 Å². The lowest BCUT2D eigenvalue weighted by Crippen LogP contribution is -2.51. The predicted octanol–water partition coefficient (Wildman–Crippen LogP) is 1.86. The number of aliphatic hydroxyl groups is 1. The molecule has 112 valence electrons. The van der Waals surface area contributed by atoms with Gasteiger partial charge >= 0.3 is 0 Å². The van der Waals surface area contributed by atoms with Gasteiger partial charge in [0.1, 0.15) is 0 Å². The van der Waals surface area contributed by atoms with Crippen LogP contribution in [0, 0.1) is 0 Å². The molecule has 1 heterocycles. The first-order valence-electron chi connectivity index (χ1n) is 7.80. The van der Waals surface area contributed by atoms with E-state index in [0.717, 1.165) is 38.9 Å². The molecule has 4 heteroatoms. The third-order valence-corrected chi connectivity index (χ3v) is 4.28. The van der Waals surface area contributed by atoms with Crippen LogP contribution in [0.3, 0.4) is 0 Å². The lowest BCUT2D eigenvalue weighted by atomic mass is 9.95. The molecular weight excluding hydrogens is 242 g/mol. The quantitative estimate of drug-likeness (QED) is 0.774. The Balaban J connectivity index is 1.59. The van der Waals surface area contributed by atoms with Crippen molar-refractivity contribution in [3.63, 3.8) is 0 Å². The molecule has 1 aliphatic heterocycles. The highest BCUT2D eigenvalue weighted by atomic mass is 16.5. The maximum atomic E-state index is 10.00. The van der Waals surface area contributed by atoms with E-state index in [0.29, 0.717) is 19.3 Å². The molecule has 2 unspecified atom stereocenters. The highest BCUT2D eigenvalue weighted by Gasteiger charge is 2.27. The van der Waals surface area contributed by atoms with Crippen molar-refractivity contribution in [1.29, 1.82) is 0 Å². The summed E-state index contributed by atoms with van der Waals surface area (Å²) in [5.74, 6) is 0. The van der Waals surface area contributed by atoms with Gasteiger partial charge in [0, 0.05) is 18.7 Å². The lowest BCUT2D eigenvalue weighted by molar-refractivity contribution is -0.0300. The van der Waals surface area contributed by atoms with E-state index >= 15 is 0 Å². The minimum atomic E-state index is -0.416. The first-order chi connectivity index (χ1) is 9.18. The van der Waals surface area contributed by atoms with Crippen LogP contribution in [-0.2, 0) is 9.47 Å². The maximum Gasteiger partial charge on any atom is 0.0898 e. The minimum absolute atomic E-state index is 0.0179. The van der Waals surface area contributed by atoms with Gasteiger partial charge in [0.15, 0.2) is 0 Å². The maximum absolute atomic E-state index is 10.00. The highest BCUT2D eigenvalue weighted by molar-refractivity contribution is 4.86. The van der Waals surface area contributed by atoms with Crippen LogP contribution in [0.5, 0.6) is 0 Å². The Labute approximate surface area is 116 Å². The first-order valence-corrected chi connectivity index (χ1v) is 7.80. The Morgan fingerprint density at radius 1 is 1.32 bits per heavy atom. The van der Waals surface area contributed by atoms with E-state index in [-0.39, 0.29) is 5.54 Å². The number of nitrogens with one attached hydrogen (secondary N) is 1. The molecule has 0 aromatic rings. The van der Waals surface area contributed by atoms with Gasteiger partial charge in [-0.3, -0.25) is 0 Å². The molecule has 2 fully saturated rings. The third kappa shape index (κ3) is 5.38. The average molecular weight is 271 g/mol. The van der Waals surface area contributed by atoms with Crippen molar-refractivity contribution in [1.82, 2.24) is 5.32 Å². The molecule has 0 bridgehead atoms. The van der Waals surface area contributed by atoms with Crippen LogP contribution in [0.25, 0.3) is 0 Å². The molecule has 0 radical (unpaired) electrons. The molecular formula is C15H29NO3. The fraction of sp³-hybridized carbons (Fsp3) is 1.00. The molecule has 1 saturated carbocycles. The Kier molecular flexibility index (Phi) is 6.07. The van der Waals surface area contributed by atoms with Crippen molar-refractivity contribution < 1.29 is 14.6 Å². The molecule has 2 rings (SSSR count). The van der Waals surface area contributed by atoms with Crippen LogP contribution < -0.4 is 5.32 Å². The standard InChI is InChI=1S/C15H29NO3/c1-15(8-5-9-18-12-15)16-10-13(17)11-19-14-6-3-2-4-7-14/h13-14,16-17H,2-12H2,1H3. The van der Waals surface area contributed by atoms with Crippen LogP contribution in [0.4, 0.5) is 0 Å². The normalized spacial score (nSPS) is 31.3. The Morgan fingerprint density at radius 2 is 2.11 bits per heavy atom. The topological polar surface area (TPSA) is 50.7 Å². The molecule has 2 atom stereocenters. The third-order valence-electron chi connectivity index (χ3n) is 4.28. The molecule has 0 spiro atoms. The number of hydrogen-bond acceptors (Lipinski definition) is 4. The van der Waals surface area contributed by atoms with Gasteiger partial charge in [0.2, 0.25) is 0 Å². The smallest absolute Gasteiger partial charge is 0.0898 e. The molecule has 1 saturated heterocycles. The summed E-state index contributed by atoms with van der Waals surface area (Å²) in [5.41, 5.74) is 0.0179. The summed E-state index contributed by atoms with van der Waals surface area (Å²) in [6.07, 6.45) is 8.36. The van der Waals surface area contributed by atoms with Gasteiger partial charge in [-0.15, -0.1) is 0 Å². The Hall–Kier alpha value is -0.160. The number of rotatable bonds is 6. The van der Waals surface area contributed by atoms with Crippen LogP contribution in [0.2, 0.25) is 0 Å². The molecule has 4 nitrogen and oxygen atoms in total. The largest absolute Gasteiger partial charge is 0.389 e. The molecule has 2 aliphatic rings. The second-order valence-corrected chi connectivity index (χ2v) is 6.34. The highest BCUT2D eigenvalue weighted by Crippen LogP contribution is 2.21. The minimum Gasteiger partial charge on any atom is -0.389 e. The second kappa shape index (κ2) is 7.58. The Bertz CT molecular complexity index is 248. The van der Waals surface area contributed by atoms with Crippen molar-refractivity contribution in [3.8, 4) is 0 Å². The van der Waals surface area contributed by atoms with Crippen molar-refractivity contribution in [3.05, 3.63) is 0 Å². The second-order valence-electron chi connectivity index (χ2n) is 6.34. The van der Waals surface area contributed by atoms with E-state index in [1.807, 2.05) is 0 Å². The zero-order chi connectivity index (χ0) is 13.6. The summed E-state index contributed by atoms with van der Waals surface area (Å²) in [5, 5.41) is 13.4. The number of ether oxygens (including phenoxy) is 2. The first kappa shape index (κ1) is 15.2. The summed E-state index contributed by atoms with van der Waals surface area (Å²) in [7, 11) is 0. The van der Waals surface area contributed by atoms with E-state index in [1.54, 1.807) is 0 Å². The summed E-state index contributed by atoms with van der Waals surface area (Å²) >= 11 is 0. The summed E-state index contributed by atoms with van der Waals surface area (Å²) < 4.78 is 11.3. The van der Waals surface area contributed by atoms with Gasteiger partial charge in [0.05, 0.1) is 25.4 Å². The van der Waals surface area contributed by atoms with Gasteiger partial charge in [-0.05, 0) is 32.6 Å². The molecule has 0 amide bonds. The summed E-state index contributed by atoms with van der Waals surface area (Å²) in [6.45, 7) is 4.82. The van der Waals surface area contributed by atoms with E-state index in [4.69, 9.17) is 9.47 Å². The SMILES string of the molecule is CC1(NCC(O)COC2CCCCC2)CCCOC1. The van der Waals surface area contributed by atoms with Gasteiger partial charge < -0.3 is 19.9 Å². The molecule has 19 heavy (non-hydrogen) atoms. The van der Waals surface area contributed by atoms with E-state index in [1.165, 1.54) is 19.3 Å². The zero-order valence-electron chi connectivity index (χ0n) is 12.2. The van der Waals surface area contributed by atoms with Gasteiger partial charge in [-0.1, -0.05) is 19.3 Å². The zero-order valence-corrected chi connectivity index (χ0v) is 12.2. The van der Waals surface area contributed by atoms with Gasteiger partial charge in [0.25, 0.3) is 0 Å². The Morgan fingerprint density at radius 3 is 2.79 bits per heavy atom. The fourth-order valence-corrected chi connectivity index (χ4v) is 2.98. The van der Waals surface area contributed by atoms with Crippen molar-refractivity contribution in [2.45, 2.75) is 69.6 Å². The average Bonchev–Trinajstić information content (AvgIpc) is 2.45. The summed E-state index contributed by atoms with van der Waals surface area (Å²) in [6, 6.07) is 0. The van der Waals surface area contributed by atoms with E-state index in [9.17, 15) is 5.11 Å². The van der Waals surface area contributed by atoms with E-state index in [2.05, 4.69) is 12.2 Å². The summed E-state index contributed by atoms with van der Waals surface area (Å²) in [4.78, 5) is 0. The predicted molar refractivity (Wildman–Crippen MR) is 75.3 cm³/mol. The molecule has 1 aliphatic carbocycles. The number of β-amino-alcohol motifs (C(OH)–C–C–N with tert-alkyl or cyclic N) is 1. The van der Waals surface area contributed by atoms with Crippen molar-refractivity contribution >= 4 is 0 Å². The van der Waals surface area contributed by atoms with Gasteiger partial charge in [-0.25, -0.2) is 0 Å². The molecule has 0 aromatic carbocycles. The van der Waals surface area contributed by atoms with Crippen molar-refractivity contribution in [2.75, 3.05) is 26.4 Å². The van der Waals surface area contributed by atoms with Crippen LogP contribution >= 0.6 is 0 Å². The molecule has 2 N–H and O–H groups in total. The van der Waals surface area contributed by atoms with E-state index < -0.39 is 6.10 Å². The van der Waals surface area contributed by atoms with Crippen molar-refractivity contribution in [2.24, 2.45) is 0 Å². The van der Waals surface area contributed by atoms with Crippen LogP contribution in [-0.4, -0.2) is 49.2 Å². The fourth-order valence-electron chi connectivity index (χ4n) is 2.98. The monoisotopic (exact) mass is 271 g/mol. The van der Waals surface area contributed by atoms with Crippen LogP contribution in [0.1, 0.15) is 51.9 Å². The lowest BCUT2D eigenvalue weighted by Gasteiger charge is -2.35. The number of hydrogen-bond donors (Lipinski definition) is 2. The molecule has 0 aromatic heterocycles. The van der Waals surface area contributed by atoms with Crippen LogP contribution in [0.15, 0.2) is 0 Å².